The van der Waals surface area contributed by atoms with Crippen molar-refractivity contribution in [2.45, 2.75) is 37.2 Å². The Balaban J connectivity index is 1.50. The van der Waals surface area contributed by atoms with E-state index in [0.717, 1.165) is 30.6 Å². The SMILES string of the molecule is CNC(=O)C[C@@H]1CC2(CCN(C(=O)c3cnccn3)CC2)Oc2ccccc21. The van der Waals surface area contributed by atoms with Crippen molar-refractivity contribution >= 4 is 11.8 Å². The summed E-state index contributed by atoms with van der Waals surface area (Å²) in [5.41, 5.74) is 1.12. The molecule has 2 aliphatic rings. The fourth-order valence-electron chi connectivity index (χ4n) is 4.25. The summed E-state index contributed by atoms with van der Waals surface area (Å²) in [6, 6.07) is 7.97. The molecule has 0 unspecified atom stereocenters. The van der Waals surface area contributed by atoms with Gasteiger partial charge in [-0.2, -0.15) is 0 Å². The largest absolute Gasteiger partial charge is 0.487 e. The van der Waals surface area contributed by atoms with Crippen LogP contribution in [-0.4, -0.2) is 52.4 Å². The van der Waals surface area contributed by atoms with Crippen LogP contribution in [-0.2, 0) is 4.79 Å². The van der Waals surface area contributed by atoms with Gasteiger partial charge in [-0.1, -0.05) is 18.2 Å². The molecule has 146 valence electrons. The molecule has 3 heterocycles. The molecule has 0 radical (unpaired) electrons. The first-order valence-electron chi connectivity index (χ1n) is 9.64. The number of rotatable bonds is 3. The van der Waals surface area contributed by atoms with E-state index in [-0.39, 0.29) is 23.3 Å². The van der Waals surface area contributed by atoms with Crippen LogP contribution in [0.25, 0.3) is 0 Å². The molecule has 0 bridgehead atoms. The molecule has 1 aromatic heterocycles. The monoisotopic (exact) mass is 380 g/mol. The van der Waals surface area contributed by atoms with Crippen LogP contribution in [0.2, 0.25) is 0 Å². The molecule has 7 heteroatoms. The molecule has 1 fully saturated rings. The van der Waals surface area contributed by atoms with Crippen LogP contribution >= 0.6 is 0 Å². The number of hydrogen-bond donors (Lipinski definition) is 1. The topological polar surface area (TPSA) is 84.4 Å². The predicted molar refractivity (Wildman–Crippen MR) is 103 cm³/mol. The maximum atomic E-state index is 12.6. The molecule has 0 aliphatic carbocycles. The van der Waals surface area contributed by atoms with Gasteiger partial charge < -0.3 is 15.0 Å². The highest BCUT2D eigenvalue weighted by molar-refractivity contribution is 5.92. The number of benzene rings is 1. The molecule has 4 rings (SSSR count). The summed E-state index contributed by atoms with van der Waals surface area (Å²) < 4.78 is 6.44. The molecule has 0 saturated carbocycles. The number of nitrogens with one attached hydrogen (secondary N) is 1. The molecule has 1 saturated heterocycles. The van der Waals surface area contributed by atoms with Crippen LogP contribution in [0.4, 0.5) is 0 Å². The summed E-state index contributed by atoms with van der Waals surface area (Å²) in [6.07, 6.45) is 7.28. The first-order chi connectivity index (χ1) is 13.6. The Morgan fingerprint density at radius 1 is 1.25 bits per heavy atom. The highest BCUT2D eigenvalue weighted by Gasteiger charge is 2.44. The summed E-state index contributed by atoms with van der Waals surface area (Å²) in [5, 5.41) is 2.73. The van der Waals surface area contributed by atoms with Gasteiger partial charge in [-0.05, 0) is 18.1 Å². The third kappa shape index (κ3) is 3.56. The van der Waals surface area contributed by atoms with Crippen molar-refractivity contribution in [3.05, 3.63) is 54.1 Å². The first-order valence-corrected chi connectivity index (χ1v) is 9.64. The van der Waals surface area contributed by atoms with Gasteiger partial charge in [0.15, 0.2) is 0 Å². The van der Waals surface area contributed by atoms with Crippen LogP contribution < -0.4 is 10.1 Å². The van der Waals surface area contributed by atoms with Crippen LogP contribution in [0.3, 0.4) is 0 Å². The molecule has 1 atom stereocenters. The normalized spacial score (nSPS) is 20.2. The van der Waals surface area contributed by atoms with E-state index in [9.17, 15) is 9.59 Å². The number of carbonyl (C=O) groups excluding carboxylic acids is 2. The molecule has 7 nitrogen and oxygen atoms in total. The van der Waals surface area contributed by atoms with E-state index in [1.807, 2.05) is 29.2 Å². The third-order valence-corrected chi connectivity index (χ3v) is 5.76. The van der Waals surface area contributed by atoms with E-state index in [0.29, 0.717) is 25.2 Å². The molecule has 28 heavy (non-hydrogen) atoms. The Morgan fingerprint density at radius 2 is 2.04 bits per heavy atom. The number of amides is 2. The molecule has 2 amide bonds. The van der Waals surface area contributed by atoms with E-state index in [1.165, 1.54) is 12.4 Å². The number of ether oxygens (including phenoxy) is 1. The fourth-order valence-corrected chi connectivity index (χ4v) is 4.25. The Hall–Kier alpha value is -2.96. The number of hydrogen-bond acceptors (Lipinski definition) is 5. The van der Waals surface area contributed by atoms with E-state index in [2.05, 4.69) is 15.3 Å². The van der Waals surface area contributed by atoms with Gasteiger partial charge in [0.25, 0.3) is 5.91 Å². The Bertz CT molecular complexity index is 863. The maximum Gasteiger partial charge on any atom is 0.274 e. The van der Waals surface area contributed by atoms with Crippen LogP contribution in [0.5, 0.6) is 5.75 Å². The third-order valence-electron chi connectivity index (χ3n) is 5.76. The summed E-state index contributed by atoms with van der Waals surface area (Å²) in [6.45, 7) is 1.20. The second-order valence-corrected chi connectivity index (χ2v) is 7.48. The molecule has 1 N–H and O–H groups in total. The quantitative estimate of drug-likeness (QED) is 0.882. The second-order valence-electron chi connectivity index (χ2n) is 7.48. The van der Waals surface area contributed by atoms with E-state index < -0.39 is 0 Å². The highest BCUT2D eigenvalue weighted by Crippen LogP contribution is 2.46. The first kappa shape index (κ1) is 18.4. The number of carbonyl (C=O) groups is 2. The van der Waals surface area contributed by atoms with E-state index in [4.69, 9.17) is 4.74 Å². The minimum absolute atomic E-state index is 0.0344. The van der Waals surface area contributed by atoms with E-state index in [1.54, 1.807) is 13.2 Å². The molecular weight excluding hydrogens is 356 g/mol. The predicted octanol–water partition coefficient (Wildman–Crippen LogP) is 2.15. The van der Waals surface area contributed by atoms with Crippen LogP contribution in [0.1, 0.15) is 47.7 Å². The van der Waals surface area contributed by atoms with Crippen LogP contribution in [0, 0.1) is 0 Å². The maximum absolute atomic E-state index is 12.6. The van der Waals surface area contributed by atoms with Crippen LogP contribution in [0.15, 0.2) is 42.9 Å². The lowest BCUT2D eigenvalue weighted by Crippen LogP contribution is -2.52. The van der Waals surface area contributed by atoms with Crippen molar-refractivity contribution in [2.75, 3.05) is 20.1 Å². The average molecular weight is 380 g/mol. The van der Waals surface area contributed by atoms with Crippen molar-refractivity contribution in [3.63, 3.8) is 0 Å². The summed E-state index contributed by atoms with van der Waals surface area (Å²) in [7, 11) is 1.67. The van der Waals surface area contributed by atoms with Crippen molar-refractivity contribution < 1.29 is 14.3 Å². The molecule has 1 spiro atoms. The summed E-state index contributed by atoms with van der Waals surface area (Å²) >= 11 is 0. The van der Waals surface area contributed by atoms with Gasteiger partial charge in [0.05, 0.1) is 6.20 Å². The van der Waals surface area contributed by atoms with Gasteiger partial charge in [0, 0.05) is 57.7 Å². The number of nitrogens with zero attached hydrogens (tertiary/aromatic N) is 3. The van der Waals surface area contributed by atoms with Gasteiger partial charge in [-0.25, -0.2) is 4.98 Å². The van der Waals surface area contributed by atoms with Gasteiger partial charge in [-0.15, -0.1) is 0 Å². The lowest BCUT2D eigenvalue weighted by Gasteiger charge is -2.46. The van der Waals surface area contributed by atoms with Gasteiger partial charge >= 0.3 is 0 Å². The zero-order valence-electron chi connectivity index (χ0n) is 15.9. The smallest absolute Gasteiger partial charge is 0.274 e. The lowest BCUT2D eigenvalue weighted by molar-refractivity contribution is -0.121. The number of aromatic nitrogens is 2. The van der Waals surface area contributed by atoms with Crippen molar-refractivity contribution in [3.8, 4) is 5.75 Å². The van der Waals surface area contributed by atoms with Crippen molar-refractivity contribution in [1.29, 1.82) is 0 Å². The minimum Gasteiger partial charge on any atom is -0.487 e. The Labute approximate surface area is 164 Å². The minimum atomic E-state index is -0.341. The van der Waals surface area contributed by atoms with Crippen molar-refractivity contribution in [2.24, 2.45) is 0 Å². The number of fused-ring (bicyclic) bond motifs is 1. The van der Waals surface area contributed by atoms with E-state index >= 15 is 0 Å². The second kappa shape index (κ2) is 7.58. The Morgan fingerprint density at radius 3 is 2.75 bits per heavy atom. The summed E-state index contributed by atoms with van der Waals surface area (Å²) in [5.74, 6) is 0.914. The molecule has 2 aromatic rings. The standard InChI is InChI=1S/C21H24N4O3/c1-22-19(26)12-15-13-21(28-18-5-3-2-4-16(15)18)6-10-25(11-7-21)20(27)17-14-23-8-9-24-17/h2-5,8-9,14-15H,6-7,10-13H2,1H3,(H,22,26)/t15-/m1/s1. The molecule has 2 aliphatic heterocycles. The molecule has 1 aromatic carbocycles. The van der Waals surface area contributed by atoms with Gasteiger partial charge in [0.1, 0.15) is 17.0 Å². The Kier molecular flexibility index (Phi) is 4.98. The van der Waals surface area contributed by atoms with Gasteiger partial charge in [0.2, 0.25) is 5.91 Å². The lowest BCUT2D eigenvalue weighted by atomic mass is 9.76. The average Bonchev–Trinajstić information content (AvgIpc) is 2.74. The highest BCUT2D eigenvalue weighted by atomic mass is 16.5. The number of piperidine rings is 1. The zero-order valence-corrected chi connectivity index (χ0v) is 15.9. The van der Waals surface area contributed by atoms with Gasteiger partial charge in [-0.3, -0.25) is 14.6 Å². The van der Waals surface area contributed by atoms with Crippen molar-refractivity contribution in [1.82, 2.24) is 20.2 Å². The summed E-state index contributed by atoms with van der Waals surface area (Å²) in [4.78, 5) is 34.6. The zero-order chi connectivity index (χ0) is 19.6. The number of para-hydroxylation sites is 1. The fraction of sp³-hybridized carbons (Fsp3) is 0.429. The molecular formula is C21H24N4O3. The number of likely N-dealkylation sites (tertiary alicyclic amines) is 1.